The van der Waals surface area contributed by atoms with E-state index in [1.807, 2.05) is 0 Å². The molecular formula is C12H20BrNO2. The minimum absolute atomic E-state index is 0.194. The number of methoxy groups -OCH3 is 1. The molecule has 0 amide bonds. The van der Waals surface area contributed by atoms with Crippen LogP contribution in [-0.4, -0.2) is 31.0 Å². The zero-order chi connectivity index (χ0) is 11.5. The van der Waals surface area contributed by atoms with Crippen molar-refractivity contribution in [3.8, 4) is 0 Å². The maximum atomic E-state index is 11.2. The highest BCUT2D eigenvalue weighted by atomic mass is 79.9. The molecule has 0 saturated heterocycles. The van der Waals surface area contributed by atoms with Gasteiger partial charge in [-0.3, -0.25) is 4.79 Å². The lowest BCUT2D eigenvalue weighted by Crippen LogP contribution is -2.34. The SMILES string of the molecule is COC(=O)C(Br)CNCC1CC2CCC1C2. The van der Waals surface area contributed by atoms with Crippen LogP contribution in [0.4, 0.5) is 0 Å². The Morgan fingerprint density at radius 3 is 2.88 bits per heavy atom. The van der Waals surface area contributed by atoms with Crippen LogP contribution in [0, 0.1) is 17.8 Å². The molecule has 0 heterocycles. The van der Waals surface area contributed by atoms with Gasteiger partial charge >= 0.3 is 5.97 Å². The molecule has 2 bridgehead atoms. The lowest BCUT2D eigenvalue weighted by Gasteiger charge is -2.22. The smallest absolute Gasteiger partial charge is 0.320 e. The van der Waals surface area contributed by atoms with E-state index in [2.05, 4.69) is 26.0 Å². The maximum absolute atomic E-state index is 11.2. The Morgan fingerprint density at radius 2 is 2.31 bits per heavy atom. The fourth-order valence-electron chi connectivity index (χ4n) is 3.23. The van der Waals surface area contributed by atoms with Crippen LogP contribution in [0.25, 0.3) is 0 Å². The number of ether oxygens (including phenoxy) is 1. The van der Waals surface area contributed by atoms with Crippen molar-refractivity contribution >= 4 is 21.9 Å². The van der Waals surface area contributed by atoms with E-state index in [1.54, 1.807) is 0 Å². The molecule has 0 aliphatic heterocycles. The predicted molar refractivity (Wildman–Crippen MR) is 66.5 cm³/mol. The van der Waals surface area contributed by atoms with Gasteiger partial charge in [0.05, 0.1) is 7.11 Å². The fraction of sp³-hybridized carbons (Fsp3) is 0.917. The molecule has 0 aromatic rings. The Balaban J connectivity index is 1.63. The van der Waals surface area contributed by atoms with Crippen molar-refractivity contribution in [1.82, 2.24) is 5.32 Å². The summed E-state index contributed by atoms with van der Waals surface area (Å²) < 4.78 is 4.66. The first kappa shape index (κ1) is 12.4. The molecule has 0 radical (unpaired) electrons. The van der Waals surface area contributed by atoms with Crippen molar-refractivity contribution in [3.05, 3.63) is 0 Å². The molecule has 2 aliphatic carbocycles. The highest BCUT2D eigenvalue weighted by Crippen LogP contribution is 2.47. The first-order chi connectivity index (χ1) is 7.70. The number of alkyl halides is 1. The third-order valence-corrected chi connectivity index (χ3v) is 4.77. The van der Waals surface area contributed by atoms with Crippen LogP contribution in [0.2, 0.25) is 0 Å². The van der Waals surface area contributed by atoms with Crippen LogP contribution >= 0.6 is 15.9 Å². The van der Waals surface area contributed by atoms with E-state index < -0.39 is 0 Å². The van der Waals surface area contributed by atoms with E-state index in [9.17, 15) is 4.79 Å². The van der Waals surface area contributed by atoms with Gasteiger partial charge in [-0.2, -0.15) is 0 Å². The summed E-state index contributed by atoms with van der Waals surface area (Å²) in [5, 5.41) is 3.38. The molecule has 16 heavy (non-hydrogen) atoms. The van der Waals surface area contributed by atoms with Gasteiger partial charge in [-0.15, -0.1) is 0 Å². The summed E-state index contributed by atoms with van der Waals surface area (Å²) in [6, 6.07) is 0. The summed E-state index contributed by atoms with van der Waals surface area (Å²) >= 11 is 3.32. The highest BCUT2D eigenvalue weighted by Gasteiger charge is 2.38. The molecule has 0 aromatic heterocycles. The highest BCUT2D eigenvalue weighted by molar-refractivity contribution is 9.10. The third kappa shape index (κ3) is 2.77. The summed E-state index contributed by atoms with van der Waals surface area (Å²) in [6.07, 6.45) is 5.71. The maximum Gasteiger partial charge on any atom is 0.320 e. The largest absolute Gasteiger partial charge is 0.468 e. The summed E-state index contributed by atoms with van der Waals surface area (Å²) in [5.41, 5.74) is 0. The summed E-state index contributed by atoms with van der Waals surface area (Å²) in [5.74, 6) is 2.60. The number of halogens is 1. The number of hydrogen-bond donors (Lipinski definition) is 1. The number of nitrogens with one attached hydrogen (secondary N) is 1. The quantitative estimate of drug-likeness (QED) is 0.621. The van der Waals surface area contributed by atoms with Crippen LogP contribution in [-0.2, 0) is 9.53 Å². The molecular weight excluding hydrogens is 270 g/mol. The molecule has 4 atom stereocenters. The monoisotopic (exact) mass is 289 g/mol. The Morgan fingerprint density at radius 1 is 1.50 bits per heavy atom. The molecule has 2 fully saturated rings. The zero-order valence-corrected chi connectivity index (χ0v) is 11.3. The van der Waals surface area contributed by atoms with E-state index in [1.165, 1.54) is 32.8 Å². The molecule has 4 unspecified atom stereocenters. The normalized spacial score (nSPS) is 34.0. The second-order valence-electron chi connectivity index (χ2n) is 5.08. The first-order valence-electron chi connectivity index (χ1n) is 6.13. The predicted octanol–water partition coefficient (Wildman–Crippen LogP) is 1.95. The summed E-state index contributed by atoms with van der Waals surface area (Å²) in [4.78, 5) is 10.9. The van der Waals surface area contributed by atoms with Gasteiger partial charge in [-0.05, 0) is 43.6 Å². The van der Waals surface area contributed by atoms with Gasteiger partial charge in [0.2, 0.25) is 0 Å². The average molecular weight is 290 g/mol. The molecule has 2 aliphatic rings. The van der Waals surface area contributed by atoms with Crippen molar-refractivity contribution in [1.29, 1.82) is 0 Å². The van der Waals surface area contributed by atoms with Crippen molar-refractivity contribution in [2.24, 2.45) is 17.8 Å². The second kappa shape index (κ2) is 5.50. The minimum atomic E-state index is -0.212. The first-order valence-corrected chi connectivity index (χ1v) is 7.05. The number of carbonyl (C=O) groups excluding carboxylic acids is 1. The van der Waals surface area contributed by atoms with Crippen LogP contribution in [0.3, 0.4) is 0 Å². The van der Waals surface area contributed by atoms with Crippen LogP contribution < -0.4 is 5.32 Å². The Bertz CT molecular complexity index is 259. The molecule has 4 heteroatoms. The van der Waals surface area contributed by atoms with Gasteiger partial charge in [-0.25, -0.2) is 0 Å². The summed E-state index contributed by atoms with van der Waals surface area (Å²) in [7, 11) is 1.42. The van der Waals surface area contributed by atoms with Gasteiger partial charge in [0, 0.05) is 6.54 Å². The molecule has 3 nitrogen and oxygen atoms in total. The fourth-order valence-corrected chi connectivity index (χ4v) is 3.65. The van der Waals surface area contributed by atoms with Crippen molar-refractivity contribution in [3.63, 3.8) is 0 Å². The molecule has 2 rings (SSSR count). The Hall–Kier alpha value is -0.0900. The van der Waals surface area contributed by atoms with Crippen molar-refractivity contribution in [2.75, 3.05) is 20.2 Å². The van der Waals surface area contributed by atoms with E-state index in [4.69, 9.17) is 0 Å². The molecule has 0 spiro atoms. The lowest BCUT2D eigenvalue weighted by molar-refractivity contribution is -0.139. The standard InChI is InChI=1S/C12H20BrNO2/c1-16-12(15)11(13)7-14-6-10-5-8-2-3-9(10)4-8/h8-11,14H,2-7H2,1H3. The van der Waals surface area contributed by atoms with Crippen molar-refractivity contribution < 1.29 is 9.53 Å². The van der Waals surface area contributed by atoms with Gasteiger partial charge in [0.25, 0.3) is 0 Å². The molecule has 92 valence electrons. The minimum Gasteiger partial charge on any atom is -0.468 e. The second-order valence-corrected chi connectivity index (χ2v) is 6.19. The van der Waals surface area contributed by atoms with Gasteiger partial charge in [0.1, 0.15) is 4.83 Å². The van der Waals surface area contributed by atoms with Gasteiger partial charge < -0.3 is 10.1 Å². The summed E-state index contributed by atoms with van der Waals surface area (Å²) in [6.45, 7) is 1.72. The number of esters is 1. The van der Waals surface area contributed by atoms with E-state index in [0.29, 0.717) is 6.54 Å². The van der Waals surface area contributed by atoms with E-state index in [0.717, 1.165) is 24.3 Å². The molecule has 1 N–H and O–H groups in total. The number of rotatable bonds is 5. The van der Waals surface area contributed by atoms with Gasteiger partial charge in [0.15, 0.2) is 0 Å². The van der Waals surface area contributed by atoms with E-state index >= 15 is 0 Å². The van der Waals surface area contributed by atoms with Crippen molar-refractivity contribution in [2.45, 2.75) is 30.5 Å². The van der Waals surface area contributed by atoms with Crippen LogP contribution in [0.15, 0.2) is 0 Å². The van der Waals surface area contributed by atoms with Crippen LogP contribution in [0.5, 0.6) is 0 Å². The van der Waals surface area contributed by atoms with E-state index in [-0.39, 0.29) is 10.8 Å². The third-order valence-electron chi connectivity index (χ3n) is 4.07. The number of hydrogen-bond acceptors (Lipinski definition) is 3. The molecule has 2 saturated carbocycles. The zero-order valence-electron chi connectivity index (χ0n) is 9.75. The number of carbonyl (C=O) groups is 1. The Labute approximate surface area is 105 Å². The molecule has 0 aromatic carbocycles. The topological polar surface area (TPSA) is 38.3 Å². The lowest BCUT2D eigenvalue weighted by atomic mass is 9.89. The van der Waals surface area contributed by atoms with Crippen LogP contribution in [0.1, 0.15) is 25.7 Å². The average Bonchev–Trinajstić information content (AvgIpc) is 2.89. The Kier molecular flexibility index (Phi) is 4.25. The number of fused-ring (bicyclic) bond motifs is 2. The van der Waals surface area contributed by atoms with Gasteiger partial charge in [-0.1, -0.05) is 22.4 Å².